The Morgan fingerprint density at radius 2 is 1.05 bits per heavy atom. The van der Waals surface area contributed by atoms with E-state index in [2.05, 4.69) is 91.0 Å². The molecule has 0 aromatic heterocycles. The van der Waals surface area contributed by atoms with E-state index in [4.69, 9.17) is 0 Å². The van der Waals surface area contributed by atoms with Crippen molar-refractivity contribution in [3.8, 4) is 0 Å². The number of hydrogen-bond acceptors (Lipinski definition) is 0. The minimum atomic E-state index is -1.16. The van der Waals surface area contributed by atoms with Crippen molar-refractivity contribution in [3.63, 3.8) is 0 Å². The summed E-state index contributed by atoms with van der Waals surface area (Å²) in [6.07, 6.45) is 1.30. The van der Waals surface area contributed by atoms with E-state index in [9.17, 15) is 0 Å². The molecule has 0 saturated heterocycles. The van der Waals surface area contributed by atoms with Crippen LogP contribution in [0.25, 0.3) is 0 Å². The molecular weight excluding hydrogens is 346 g/mol. The molecule has 0 spiro atoms. The molecule has 0 saturated carbocycles. The third-order valence-corrected chi connectivity index (χ3v) is 11.0. The number of benzene rings is 3. The van der Waals surface area contributed by atoms with E-state index < -0.39 is 14.7 Å². The summed E-state index contributed by atoms with van der Waals surface area (Å²) in [5.41, 5.74) is 0. The Hall–Kier alpha value is -1.35. The Morgan fingerprint density at radius 3 is 1.55 bits per heavy atom. The van der Waals surface area contributed by atoms with Gasteiger partial charge in [0.15, 0.2) is 0 Å². The normalized spacial score (nSPS) is 11.3. The zero-order chi connectivity index (χ0) is 15.0. The van der Waals surface area contributed by atoms with Crippen LogP contribution >= 0.6 is 8.58 Å². The molecule has 1 atom stereocenters. The Balaban J connectivity index is 1.72. The number of rotatable bonds is 6. The van der Waals surface area contributed by atoms with Crippen molar-refractivity contribution in [2.24, 2.45) is 0 Å². The summed E-state index contributed by atoms with van der Waals surface area (Å²) in [6.45, 7) is 0. The van der Waals surface area contributed by atoms with Crippen LogP contribution < -0.4 is 14.0 Å². The molecule has 2 heteroatoms. The van der Waals surface area contributed by atoms with Crippen LogP contribution in [0.4, 0.5) is 0 Å². The van der Waals surface area contributed by atoms with E-state index in [1.807, 2.05) is 0 Å². The van der Waals surface area contributed by atoms with Gasteiger partial charge >= 0.3 is 140 Å². The van der Waals surface area contributed by atoms with Crippen LogP contribution in [0.15, 0.2) is 91.0 Å². The summed E-state index contributed by atoms with van der Waals surface area (Å²) in [5, 5.41) is 2.83. The van der Waals surface area contributed by atoms with E-state index in [1.54, 1.807) is 8.70 Å². The van der Waals surface area contributed by atoms with Gasteiger partial charge < -0.3 is 0 Å². The third-order valence-electron chi connectivity index (χ3n) is 3.57. The monoisotopic (exact) mass is 366 g/mol. The summed E-state index contributed by atoms with van der Waals surface area (Å²) in [5.74, 6) is 0. The average Bonchev–Trinajstić information content (AvgIpc) is 2.61. The topological polar surface area (TPSA) is 0 Å². The van der Waals surface area contributed by atoms with E-state index >= 15 is 0 Å². The molecule has 22 heavy (non-hydrogen) atoms. The van der Waals surface area contributed by atoms with Crippen LogP contribution in [0.3, 0.4) is 0 Å². The van der Waals surface area contributed by atoms with Crippen LogP contribution in [-0.4, -0.2) is 20.8 Å². The SMILES string of the molecule is c1ccc(PCC[As](c2ccccc2)c2ccccc2)cc1. The standard InChI is InChI=1S/C20H20AsP/c1-4-10-18(11-5-1)21(19-12-6-2-7-13-19)16-17-22-20-14-8-3-9-15-20/h1-15,22H,16-17H2. The Bertz CT molecular complexity index is 628. The summed E-state index contributed by atoms with van der Waals surface area (Å²) in [7, 11) is 0.924. The van der Waals surface area contributed by atoms with Gasteiger partial charge in [-0.2, -0.15) is 0 Å². The summed E-state index contributed by atoms with van der Waals surface area (Å²) in [4.78, 5) is 0. The molecule has 0 N–H and O–H groups in total. The summed E-state index contributed by atoms with van der Waals surface area (Å²) in [6, 6.07) is 33.1. The Morgan fingerprint density at radius 1 is 0.591 bits per heavy atom. The average molecular weight is 366 g/mol. The van der Waals surface area contributed by atoms with Crippen molar-refractivity contribution in [1.82, 2.24) is 0 Å². The molecule has 3 rings (SSSR count). The third kappa shape index (κ3) is 4.32. The first kappa shape index (κ1) is 15.5. The van der Waals surface area contributed by atoms with Gasteiger partial charge in [-0.3, -0.25) is 0 Å². The fourth-order valence-corrected chi connectivity index (χ4v) is 9.60. The maximum atomic E-state index is 2.32. The molecule has 3 aromatic rings. The first-order chi connectivity index (χ1) is 10.9. The fraction of sp³-hybridized carbons (Fsp3) is 0.100. The van der Waals surface area contributed by atoms with Gasteiger partial charge in [0, 0.05) is 0 Å². The summed E-state index contributed by atoms with van der Waals surface area (Å²) >= 11 is -1.16. The molecule has 0 bridgehead atoms. The molecule has 0 nitrogen and oxygen atoms in total. The molecule has 0 aliphatic rings. The predicted molar refractivity (Wildman–Crippen MR) is 102 cm³/mol. The zero-order valence-electron chi connectivity index (χ0n) is 12.5. The van der Waals surface area contributed by atoms with Crippen molar-refractivity contribution >= 4 is 37.2 Å². The van der Waals surface area contributed by atoms with Crippen LogP contribution in [0.1, 0.15) is 0 Å². The molecule has 0 amide bonds. The Labute approximate surface area is 139 Å². The molecule has 110 valence electrons. The minimum absolute atomic E-state index is 0.924. The molecule has 0 aliphatic carbocycles. The first-order valence-corrected chi connectivity index (χ1v) is 12.0. The Kier molecular flexibility index (Phi) is 5.88. The quantitative estimate of drug-likeness (QED) is 0.464. The molecule has 0 aliphatic heterocycles. The van der Waals surface area contributed by atoms with Gasteiger partial charge in [0.25, 0.3) is 0 Å². The van der Waals surface area contributed by atoms with Gasteiger partial charge in [0.05, 0.1) is 0 Å². The van der Waals surface area contributed by atoms with Crippen molar-refractivity contribution in [3.05, 3.63) is 91.0 Å². The van der Waals surface area contributed by atoms with Gasteiger partial charge in [0.1, 0.15) is 0 Å². The second-order valence-electron chi connectivity index (χ2n) is 5.12. The molecular formula is C20H20AsP. The van der Waals surface area contributed by atoms with Crippen molar-refractivity contribution < 1.29 is 0 Å². The second-order valence-corrected chi connectivity index (χ2v) is 11.4. The van der Waals surface area contributed by atoms with Gasteiger partial charge in [-0.15, -0.1) is 0 Å². The van der Waals surface area contributed by atoms with E-state index in [1.165, 1.54) is 16.7 Å². The van der Waals surface area contributed by atoms with Crippen LogP contribution in [0.5, 0.6) is 0 Å². The van der Waals surface area contributed by atoms with E-state index in [0.717, 1.165) is 8.58 Å². The van der Waals surface area contributed by atoms with Gasteiger partial charge in [-0.1, -0.05) is 0 Å². The van der Waals surface area contributed by atoms with Crippen molar-refractivity contribution in [2.45, 2.75) is 5.21 Å². The zero-order valence-corrected chi connectivity index (χ0v) is 15.4. The second kappa shape index (κ2) is 8.33. The predicted octanol–water partition coefficient (Wildman–Crippen LogP) is 3.30. The molecule has 0 fully saturated rings. The number of hydrogen-bond donors (Lipinski definition) is 0. The van der Waals surface area contributed by atoms with Gasteiger partial charge in [0.2, 0.25) is 0 Å². The molecule has 0 heterocycles. The van der Waals surface area contributed by atoms with Crippen LogP contribution in [-0.2, 0) is 0 Å². The van der Waals surface area contributed by atoms with Crippen LogP contribution in [0.2, 0.25) is 5.21 Å². The van der Waals surface area contributed by atoms with E-state index in [-0.39, 0.29) is 0 Å². The van der Waals surface area contributed by atoms with Crippen LogP contribution in [0, 0.1) is 0 Å². The van der Waals surface area contributed by atoms with Crippen molar-refractivity contribution in [1.29, 1.82) is 0 Å². The van der Waals surface area contributed by atoms with Gasteiger partial charge in [-0.25, -0.2) is 0 Å². The molecule has 1 unspecified atom stereocenters. The first-order valence-electron chi connectivity index (χ1n) is 7.60. The fourth-order valence-electron chi connectivity index (χ4n) is 2.49. The summed E-state index contributed by atoms with van der Waals surface area (Å²) < 4.78 is 3.14. The molecule has 3 aromatic carbocycles. The molecule has 0 radical (unpaired) electrons. The van der Waals surface area contributed by atoms with Crippen molar-refractivity contribution in [2.75, 3.05) is 6.16 Å². The maximum absolute atomic E-state index is 2.32. The van der Waals surface area contributed by atoms with E-state index in [0.29, 0.717) is 0 Å². The van der Waals surface area contributed by atoms with Gasteiger partial charge in [-0.05, 0) is 0 Å².